The smallest absolute Gasteiger partial charge is 0.0717 e. The first-order valence-corrected chi connectivity index (χ1v) is 5.51. The van der Waals surface area contributed by atoms with Gasteiger partial charge in [-0.05, 0) is 24.0 Å². The third-order valence-electron chi connectivity index (χ3n) is 2.30. The van der Waals surface area contributed by atoms with Gasteiger partial charge in [0.25, 0.3) is 0 Å². The Morgan fingerprint density at radius 2 is 1.73 bits per heavy atom. The highest BCUT2D eigenvalue weighted by molar-refractivity contribution is 5.24. The van der Waals surface area contributed by atoms with Crippen molar-refractivity contribution in [2.75, 3.05) is 6.61 Å². The number of hydrogen-bond donors (Lipinski definition) is 1. The van der Waals surface area contributed by atoms with Gasteiger partial charge in [-0.3, -0.25) is 0 Å². The van der Waals surface area contributed by atoms with E-state index in [0.29, 0.717) is 19.1 Å². The van der Waals surface area contributed by atoms with Crippen LogP contribution in [-0.4, -0.2) is 12.6 Å². The molecule has 15 heavy (non-hydrogen) atoms. The molecule has 0 amide bonds. The third kappa shape index (κ3) is 4.45. The minimum Gasteiger partial charge on any atom is -0.375 e. The second-order valence-corrected chi connectivity index (χ2v) is 4.39. The molecule has 1 rings (SSSR count). The predicted molar refractivity (Wildman–Crippen MR) is 63.8 cm³/mol. The van der Waals surface area contributed by atoms with Crippen molar-refractivity contribution in [2.45, 2.75) is 39.3 Å². The van der Waals surface area contributed by atoms with E-state index in [1.54, 1.807) is 0 Å². The average Bonchev–Trinajstić information content (AvgIpc) is 2.18. The van der Waals surface area contributed by atoms with Crippen LogP contribution in [0.4, 0.5) is 0 Å². The van der Waals surface area contributed by atoms with Crippen molar-refractivity contribution < 1.29 is 4.74 Å². The van der Waals surface area contributed by atoms with Gasteiger partial charge in [0, 0.05) is 6.04 Å². The minimum atomic E-state index is 0.111. The molecule has 0 heterocycles. The van der Waals surface area contributed by atoms with Gasteiger partial charge in [-0.2, -0.15) is 0 Å². The van der Waals surface area contributed by atoms with E-state index in [4.69, 9.17) is 10.5 Å². The molecule has 0 fully saturated rings. The summed E-state index contributed by atoms with van der Waals surface area (Å²) in [6, 6.07) is 8.68. The summed E-state index contributed by atoms with van der Waals surface area (Å²) in [7, 11) is 0. The first-order valence-electron chi connectivity index (χ1n) is 5.51. The maximum atomic E-state index is 5.60. The van der Waals surface area contributed by atoms with Gasteiger partial charge in [-0.25, -0.2) is 0 Å². The SMILES string of the molecule is CC(N)COCc1ccc(C(C)C)cc1. The van der Waals surface area contributed by atoms with Gasteiger partial charge >= 0.3 is 0 Å². The molecule has 1 unspecified atom stereocenters. The van der Waals surface area contributed by atoms with E-state index in [0.717, 1.165) is 0 Å². The number of ether oxygens (including phenoxy) is 1. The Labute approximate surface area is 92.4 Å². The molecule has 0 aliphatic heterocycles. The largest absolute Gasteiger partial charge is 0.375 e. The molecule has 0 aliphatic rings. The fourth-order valence-electron chi connectivity index (χ4n) is 1.36. The molecule has 1 aromatic carbocycles. The van der Waals surface area contributed by atoms with Crippen molar-refractivity contribution in [1.82, 2.24) is 0 Å². The second-order valence-electron chi connectivity index (χ2n) is 4.39. The summed E-state index contributed by atoms with van der Waals surface area (Å²) in [5, 5.41) is 0. The van der Waals surface area contributed by atoms with Crippen molar-refractivity contribution in [2.24, 2.45) is 5.73 Å². The zero-order valence-corrected chi connectivity index (χ0v) is 9.86. The highest BCUT2D eigenvalue weighted by atomic mass is 16.5. The molecule has 0 radical (unpaired) electrons. The molecule has 0 bridgehead atoms. The number of rotatable bonds is 5. The van der Waals surface area contributed by atoms with Crippen LogP contribution in [0.2, 0.25) is 0 Å². The van der Waals surface area contributed by atoms with E-state index >= 15 is 0 Å². The summed E-state index contributed by atoms with van der Waals surface area (Å²) in [6.45, 7) is 7.61. The quantitative estimate of drug-likeness (QED) is 0.805. The van der Waals surface area contributed by atoms with E-state index in [-0.39, 0.29) is 6.04 Å². The molecule has 0 aliphatic carbocycles. The molecular weight excluding hydrogens is 186 g/mol. The molecule has 0 saturated carbocycles. The molecule has 2 N–H and O–H groups in total. The van der Waals surface area contributed by atoms with Crippen LogP contribution in [0.5, 0.6) is 0 Å². The number of nitrogens with two attached hydrogens (primary N) is 1. The van der Waals surface area contributed by atoms with Gasteiger partial charge in [0.05, 0.1) is 13.2 Å². The molecule has 1 atom stereocenters. The van der Waals surface area contributed by atoms with Crippen LogP contribution in [0.3, 0.4) is 0 Å². The average molecular weight is 207 g/mol. The summed E-state index contributed by atoms with van der Waals surface area (Å²) in [4.78, 5) is 0. The van der Waals surface area contributed by atoms with E-state index in [2.05, 4.69) is 38.1 Å². The normalized spacial score (nSPS) is 13.1. The maximum Gasteiger partial charge on any atom is 0.0717 e. The summed E-state index contributed by atoms with van der Waals surface area (Å²) in [6.07, 6.45) is 0. The maximum absolute atomic E-state index is 5.60. The standard InChI is InChI=1S/C13H21NO/c1-10(2)13-6-4-12(5-7-13)9-15-8-11(3)14/h4-7,10-11H,8-9,14H2,1-3H3. The summed E-state index contributed by atoms with van der Waals surface area (Å²) >= 11 is 0. The van der Waals surface area contributed by atoms with Crippen LogP contribution >= 0.6 is 0 Å². The lowest BCUT2D eigenvalue weighted by molar-refractivity contribution is 0.111. The van der Waals surface area contributed by atoms with E-state index < -0.39 is 0 Å². The Morgan fingerprint density at radius 3 is 2.20 bits per heavy atom. The zero-order valence-electron chi connectivity index (χ0n) is 9.86. The van der Waals surface area contributed by atoms with Crippen molar-refractivity contribution in [3.8, 4) is 0 Å². The molecule has 2 nitrogen and oxygen atoms in total. The lowest BCUT2D eigenvalue weighted by atomic mass is 10.0. The Kier molecular flexibility index (Phi) is 4.79. The highest BCUT2D eigenvalue weighted by Gasteiger charge is 1.99. The Morgan fingerprint density at radius 1 is 1.13 bits per heavy atom. The molecule has 1 aromatic rings. The fraction of sp³-hybridized carbons (Fsp3) is 0.538. The molecule has 2 heteroatoms. The highest BCUT2D eigenvalue weighted by Crippen LogP contribution is 2.14. The van der Waals surface area contributed by atoms with E-state index in [1.807, 2.05) is 6.92 Å². The van der Waals surface area contributed by atoms with Crippen LogP contribution in [0.15, 0.2) is 24.3 Å². The molecule has 84 valence electrons. The van der Waals surface area contributed by atoms with Crippen molar-refractivity contribution in [3.05, 3.63) is 35.4 Å². The van der Waals surface area contributed by atoms with Gasteiger partial charge in [0.1, 0.15) is 0 Å². The Hall–Kier alpha value is -0.860. The van der Waals surface area contributed by atoms with Crippen molar-refractivity contribution in [3.63, 3.8) is 0 Å². The predicted octanol–water partition coefficient (Wildman–Crippen LogP) is 2.67. The number of benzene rings is 1. The topological polar surface area (TPSA) is 35.2 Å². The van der Waals surface area contributed by atoms with Crippen LogP contribution in [0.1, 0.15) is 37.8 Å². The summed E-state index contributed by atoms with van der Waals surface area (Å²) in [5.74, 6) is 0.587. The lowest BCUT2D eigenvalue weighted by Crippen LogP contribution is -2.21. The number of hydrogen-bond acceptors (Lipinski definition) is 2. The zero-order chi connectivity index (χ0) is 11.3. The Balaban J connectivity index is 2.43. The van der Waals surface area contributed by atoms with Crippen LogP contribution in [0, 0.1) is 0 Å². The Bertz CT molecular complexity index is 277. The summed E-state index contributed by atoms with van der Waals surface area (Å²) < 4.78 is 5.46. The van der Waals surface area contributed by atoms with Gasteiger partial charge in [0.2, 0.25) is 0 Å². The van der Waals surface area contributed by atoms with Crippen LogP contribution in [-0.2, 0) is 11.3 Å². The molecule has 0 aromatic heterocycles. The lowest BCUT2D eigenvalue weighted by Gasteiger charge is -2.09. The molecule has 0 spiro atoms. The second kappa shape index (κ2) is 5.89. The van der Waals surface area contributed by atoms with Gasteiger partial charge in [0.15, 0.2) is 0 Å². The van der Waals surface area contributed by atoms with Gasteiger partial charge in [-0.15, -0.1) is 0 Å². The van der Waals surface area contributed by atoms with Crippen molar-refractivity contribution in [1.29, 1.82) is 0 Å². The summed E-state index contributed by atoms with van der Waals surface area (Å²) in [5.41, 5.74) is 8.17. The first kappa shape index (κ1) is 12.2. The molecular formula is C13H21NO. The van der Waals surface area contributed by atoms with E-state index in [9.17, 15) is 0 Å². The third-order valence-corrected chi connectivity index (χ3v) is 2.30. The minimum absolute atomic E-state index is 0.111. The fourth-order valence-corrected chi connectivity index (χ4v) is 1.36. The van der Waals surface area contributed by atoms with Crippen molar-refractivity contribution >= 4 is 0 Å². The van der Waals surface area contributed by atoms with E-state index in [1.165, 1.54) is 11.1 Å². The molecule has 0 saturated heterocycles. The van der Waals surface area contributed by atoms with Gasteiger partial charge < -0.3 is 10.5 Å². The van der Waals surface area contributed by atoms with Crippen LogP contribution < -0.4 is 5.73 Å². The first-order chi connectivity index (χ1) is 7.09. The monoisotopic (exact) mass is 207 g/mol. The van der Waals surface area contributed by atoms with Crippen LogP contribution in [0.25, 0.3) is 0 Å². The van der Waals surface area contributed by atoms with Gasteiger partial charge in [-0.1, -0.05) is 38.1 Å².